The molecule has 0 saturated heterocycles. The first kappa shape index (κ1) is 17.1. The average Bonchev–Trinajstić information content (AvgIpc) is 2.49. The summed E-state index contributed by atoms with van der Waals surface area (Å²) in [5, 5.41) is 3.22. The van der Waals surface area contributed by atoms with Crippen LogP contribution in [0.4, 0.5) is 5.95 Å². The van der Waals surface area contributed by atoms with E-state index in [1.165, 1.54) is 0 Å². The van der Waals surface area contributed by atoms with Gasteiger partial charge in [0.25, 0.3) is 0 Å². The Bertz CT molecular complexity index is 480. The molecule has 1 aromatic heterocycles. The van der Waals surface area contributed by atoms with Gasteiger partial charge < -0.3 is 14.8 Å². The van der Waals surface area contributed by atoms with Gasteiger partial charge in [0.15, 0.2) is 6.29 Å². The van der Waals surface area contributed by atoms with E-state index in [0.29, 0.717) is 5.95 Å². The predicted molar refractivity (Wildman–Crippen MR) is 79.8 cm³/mol. The van der Waals surface area contributed by atoms with Gasteiger partial charge in [-0.25, -0.2) is 9.97 Å². The van der Waals surface area contributed by atoms with Crippen LogP contribution in [0.1, 0.15) is 11.6 Å². The van der Waals surface area contributed by atoms with Crippen molar-refractivity contribution >= 4 is 35.5 Å². The van der Waals surface area contributed by atoms with E-state index in [4.69, 9.17) is 9.47 Å². The minimum absolute atomic E-state index is 0. The molecule has 2 aromatic rings. The summed E-state index contributed by atoms with van der Waals surface area (Å²) in [4.78, 5) is 8.32. The number of nitrogens with one attached hydrogen (secondary N) is 1. The van der Waals surface area contributed by atoms with Crippen molar-refractivity contribution in [1.29, 1.82) is 0 Å². The molecule has 1 aromatic carbocycles. The molecule has 0 saturated carbocycles. The summed E-state index contributed by atoms with van der Waals surface area (Å²) >= 11 is 0. The van der Waals surface area contributed by atoms with Gasteiger partial charge in [-0.3, -0.25) is 0 Å². The molecule has 0 amide bonds. The molecule has 5 nitrogen and oxygen atoms in total. The molecule has 1 atom stereocenters. The zero-order chi connectivity index (χ0) is 13.5. The fraction of sp³-hybridized carbons (Fsp3) is 0.286. The Hall–Kier alpha value is -0.980. The number of anilines is 1. The number of hydrogen-bond donors (Lipinski definition) is 1. The Kier molecular flexibility index (Phi) is 7.72. The van der Waals surface area contributed by atoms with Gasteiger partial charge in [-0.15, -0.1) is 0 Å². The van der Waals surface area contributed by atoms with Crippen LogP contribution in [0.5, 0.6) is 0 Å². The monoisotopic (exact) mass is 283 g/mol. The topological polar surface area (TPSA) is 56.3 Å². The van der Waals surface area contributed by atoms with Gasteiger partial charge in [-0.05, 0) is 11.6 Å². The second-order valence-corrected chi connectivity index (χ2v) is 3.94. The molecule has 0 bridgehead atoms. The molecule has 1 N–H and O–H groups in total. The normalized spacial score (nSPS) is 11.8. The van der Waals surface area contributed by atoms with Gasteiger partial charge >= 0.3 is 29.6 Å². The number of aromatic nitrogens is 2. The number of hydrogen-bond acceptors (Lipinski definition) is 5. The standard InChI is InChI=1S/C14H17N3O2.Na.H/c1-18-13(19-2)12(11-7-4-3-5-8-11)17-14-15-9-6-10-16-14;;/h3-10,12-13H,1-2H3,(H,15,16,17);;. The maximum atomic E-state index is 5.35. The summed E-state index contributed by atoms with van der Waals surface area (Å²) in [6.45, 7) is 0. The van der Waals surface area contributed by atoms with Gasteiger partial charge in [0.1, 0.15) is 6.04 Å². The summed E-state index contributed by atoms with van der Waals surface area (Å²) in [6.07, 6.45) is 2.95. The van der Waals surface area contributed by atoms with Crippen LogP contribution in [0.2, 0.25) is 0 Å². The van der Waals surface area contributed by atoms with E-state index in [9.17, 15) is 0 Å². The molecule has 0 aliphatic rings. The van der Waals surface area contributed by atoms with Crippen LogP contribution < -0.4 is 5.32 Å². The Morgan fingerprint density at radius 1 is 0.950 bits per heavy atom. The zero-order valence-electron chi connectivity index (χ0n) is 11.0. The third kappa shape index (κ3) is 4.54. The fourth-order valence-corrected chi connectivity index (χ4v) is 1.85. The number of methoxy groups -OCH3 is 2. The molecule has 0 spiro atoms. The number of benzene rings is 1. The van der Waals surface area contributed by atoms with Crippen molar-refractivity contribution < 1.29 is 9.47 Å². The third-order valence-electron chi connectivity index (χ3n) is 2.75. The molecular formula is C14H18N3NaO2. The van der Waals surface area contributed by atoms with Crippen molar-refractivity contribution in [3.05, 3.63) is 54.4 Å². The van der Waals surface area contributed by atoms with Gasteiger partial charge in [0.05, 0.1) is 0 Å². The van der Waals surface area contributed by atoms with Crippen LogP contribution in [0.3, 0.4) is 0 Å². The van der Waals surface area contributed by atoms with Crippen LogP contribution >= 0.6 is 0 Å². The second kappa shape index (κ2) is 9.05. The van der Waals surface area contributed by atoms with Gasteiger partial charge in [-0.2, -0.15) is 0 Å². The third-order valence-corrected chi connectivity index (χ3v) is 2.75. The van der Waals surface area contributed by atoms with E-state index in [1.54, 1.807) is 32.7 Å². The van der Waals surface area contributed by atoms with E-state index in [-0.39, 0.29) is 35.6 Å². The van der Waals surface area contributed by atoms with Gasteiger partial charge in [-0.1, -0.05) is 30.3 Å². The summed E-state index contributed by atoms with van der Waals surface area (Å²) < 4.78 is 10.7. The first-order valence-corrected chi connectivity index (χ1v) is 5.99. The molecular weight excluding hydrogens is 265 g/mol. The number of ether oxygens (including phenoxy) is 2. The summed E-state index contributed by atoms with van der Waals surface area (Å²) in [5.74, 6) is 0.537. The minimum atomic E-state index is -0.425. The molecule has 2 rings (SSSR count). The summed E-state index contributed by atoms with van der Waals surface area (Å²) in [5.41, 5.74) is 1.05. The quantitative estimate of drug-likeness (QED) is 0.644. The van der Waals surface area contributed by atoms with E-state index in [2.05, 4.69) is 15.3 Å². The average molecular weight is 283 g/mol. The number of rotatable bonds is 6. The first-order chi connectivity index (χ1) is 9.35. The summed E-state index contributed by atoms with van der Waals surface area (Å²) in [6, 6.07) is 11.5. The predicted octanol–water partition coefficient (Wildman–Crippen LogP) is 1.60. The number of nitrogens with zero attached hydrogens (tertiary/aromatic N) is 2. The van der Waals surface area contributed by atoms with E-state index in [0.717, 1.165) is 5.56 Å². The van der Waals surface area contributed by atoms with Crippen LogP contribution in [0, 0.1) is 0 Å². The van der Waals surface area contributed by atoms with Crippen molar-refractivity contribution in [3.63, 3.8) is 0 Å². The molecule has 1 heterocycles. The van der Waals surface area contributed by atoms with E-state index < -0.39 is 6.29 Å². The molecule has 0 radical (unpaired) electrons. The molecule has 1 unspecified atom stereocenters. The SMILES string of the molecule is COC(OC)C(Nc1ncccn1)c1ccccc1.[NaH]. The van der Waals surface area contributed by atoms with Crippen molar-refractivity contribution in [3.8, 4) is 0 Å². The second-order valence-electron chi connectivity index (χ2n) is 3.94. The van der Waals surface area contributed by atoms with E-state index in [1.807, 2.05) is 30.3 Å². The Morgan fingerprint density at radius 3 is 2.10 bits per heavy atom. The van der Waals surface area contributed by atoms with Crippen LogP contribution in [-0.4, -0.2) is 60.0 Å². The Balaban J connectivity index is 0.00000200. The maximum absolute atomic E-state index is 5.35. The first-order valence-electron chi connectivity index (χ1n) is 5.99. The Morgan fingerprint density at radius 2 is 1.55 bits per heavy atom. The van der Waals surface area contributed by atoms with Crippen molar-refractivity contribution in [2.75, 3.05) is 19.5 Å². The van der Waals surface area contributed by atoms with E-state index >= 15 is 0 Å². The molecule has 20 heavy (non-hydrogen) atoms. The molecule has 0 fully saturated rings. The summed E-state index contributed by atoms with van der Waals surface area (Å²) in [7, 11) is 3.22. The zero-order valence-corrected chi connectivity index (χ0v) is 11.0. The van der Waals surface area contributed by atoms with Crippen LogP contribution in [0.25, 0.3) is 0 Å². The molecule has 0 aliphatic heterocycles. The Labute approximate surface area is 141 Å². The molecule has 102 valence electrons. The van der Waals surface area contributed by atoms with Crippen LogP contribution in [0.15, 0.2) is 48.8 Å². The van der Waals surface area contributed by atoms with Crippen molar-refractivity contribution in [2.45, 2.75) is 12.3 Å². The van der Waals surface area contributed by atoms with Gasteiger partial charge in [0, 0.05) is 26.6 Å². The van der Waals surface area contributed by atoms with Crippen molar-refractivity contribution in [2.24, 2.45) is 0 Å². The fourth-order valence-electron chi connectivity index (χ4n) is 1.85. The van der Waals surface area contributed by atoms with Gasteiger partial charge in [0.2, 0.25) is 5.95 Å². The van der Waals surface area contributed by atoms with Crippen LogP contribution in [-0.2, 0) is 9.47 Å². The molecule has 0 aliphatic carbocycles. The van der Waals surface area contributed by atoms with Crippen molar-refractivity contribution in [1.82, 2.24) is 9.97 Å². The molecule has 6 heteroatoms.